The zero-order valence-corrected chi connectivity index (χ0v) is 12.2. The summed E-state index contributed by atoms with van der Waals surface area (Å²) in [6, 6.07) is 16.6. The maximum atomic E-state index is 4.23. The fourth-order valence-corrected chi connectivity index (χ4v) is 2.53. The number of nitrogens with one attached hydrogen (secondary N) is 1. The molecule has 0 saturated heterocycles. The number of nitrogens with zero attached hydrogens (tertiary/aromatic N) is 3. The first-order valence-electron chi connectivity index (χ1n) is 7.36. The number of fused-ring (bicyclic) bond motifs is 1. The number of rotatable bonds is 6. The van der Waals surface area contributed by atoms with E-state index in [-0.39, 0.29) is 0 Å². The molecular formula is C17H20N4. The van der Waals surface area contributed by atoms with Gasteiger partial charge in [-0.05, 0) is 36.6 Å². The Balaban J connectivity index is 1.52. The maximum absolute atomic E-state index is 4.23. The van der Waals surface area contributed by atoms with Gasteiger partial charge in [-0.2, -0.15) is 0 Å². The summed E-state index contributed by atoms with van der Waals surface area (Å²) in [6.07, 6.45) is 3.09. The highest BCUT2D eigenvalue weighted by molar-refractivity contribution is 5.36. The van der Waals surface area contributed by atoms with Crippen molar-refractivity contribution >= 4 is 5.65 Å². The predicted molar refractivity (Wildman–Crippen MR) is 84.0 cm³/mol. The van der Waals surface area contributed by atoms with E-state index in [4.69, 9.17) is 0 Å². The third-order valence-corrected chi connectivity index (χ3v) is 3.59. The maximum Gasteiger partial charge on any atom is 0.160 e. The molecule has 3 rings (SSSR count). The number of aromatic nitrogens is 3. The van der Waals surface area contributed by atoms with Crippen LogP contribution in [0.2, 0.25) is 0 Å². The van der Waals surface area contributed by atoms with Gasteiger partial charge in [0.05, 0.1) is 6.54 Å². The molecule has 0 amide bonds. The lowest BCUT2D eigenvalue weighted by Gasteiger charge is -2.12. The SMILES string of the molecule is C[C@@H](CNCc1nnc2ccccn12)Cc1ccccc1. The van der Waals surface area contributed by atoms with Crippen molar-refractivity contribution in [2.45, 2.75) is 19.9 Å². The molecule has 0 aliphatic heterocycles. The molecule has 0 radical (unpaired) electrons. The molecule has 1 aromatic carbocycles. The van der Waals surface area contributed by atoms with Crippen LogP contribution in [0, 0.1) is 5.92 Å². The minimum absolute atomic E-state index is 0.589. The third kappa shape index (κ3) is 3.47. The van der Waals surface area contributed by atoms with Crippen LogP contribution >= 0.6 is 0 Å². The molecule has 2 aromatic heterocycles. The van der Waals surface area contributed by atoms with E-state index in [2.05, 4.69) is 52.8 Å². The Kier molecular flexibility index (Phi) is 4.26. The van der Waals surface area contributed by atoms with Crippen molar-refractivity contribution < 1.29 is 0 Å². The molecule has 1 N–H and O–H groups in total. The minimum Gasteiger partial charge on any atom is -0.310 e. The molecule has 0 aliphatic carbocycles. The van der Waals surface area contributed by atoms with Crippen LogP contribution in [0.15, 0.2) is 54.7 Å². The molecule has 21 heavy (non-hydrogen) atoms. The Labute approximate surface area is 124 Å². The standard InChI is InChI=1S/C17H20N4/c1-14(11-15-7-3-2-4-8-15)12-18-13-17-20-19-16-9-5-6-10-21(16)17/h2-10,14,18H,11-13H2,1H3/t14-/m1/s1. The van der Waals surface area contributed by atoms with Crippen molar-refractivity contribution in [3.63, 3.8) is 0 Å². The second-order valence-electron chi connectivity index (χ2n) is 5.47. The van der Waals surface area contributed by atoms with Gasteiger partial charge in [0, 0.05) is 6.20 Å². The van der Waals surface area contributed by atoms with Crippen LogP contribution in [0.25, 0.3) is 5.65 Å². The van der Waals surface area contributed by atoms with Gasteiger partial charge < -0.3 is 5.32 Å². The Bertz CT molecular complexity index is 690. The van der Waals surface area contributed by atoms with E-state index >= 15 is 0 Å². The van der Waals surface area contributed by atoms with Gasteiger partial charge in [-0.15, -0.1) is 10.2 Å². The Morgan fingerprint density at radius 3 is 2.71 bits per heavy atom. The average Bonchev–Trinajstić information content (AvgIpc) is 2.92. The van der Waals surface area contributed by atoms with Crippen LogP contribution in [0.3, 0.4) is 0 Å². The van der Waals surface area contributed by atoms with Gasteiger partial charge in [-0.25, -0.2) is 0 Å². The zero-order chi connectivity index (χ0) is 14.5. The molecule has 0 aliphatic rings. The summed E-state index contributed by atoms with van der Waals surface area (Å²) < 4.78 is 2.02. The number of benzene rings is 1. The largest absolute Gasteiger partial charge is 0.310 e. The van der Waals surface area contributed by atoms with E-state index in [0.29, 0.717) is 5.92 Å². The second kappa shape index (κ2) is 6.50. The van der Waals surface area contributed by atoms with E-state index in [0.717, 1.165) is 31.0 Å². The Hall–Kier alpha value is -2.20. The zero-order valence-electron chi connectivity index (χ0n) is 12.2. The first kappa shape index (κ1) is 13.8. The quantitative estimate of drug-likeness (QED) is 0.755. The molecule has 3 aromatic rings. The van der Waals surface area contributed by atoms with E-state index in [1.807, 2.05) is 28.8 Å². The molecule has 2 heterocycles. The summed E-state index contributed by atoms with van der Waals surface area (Å²) in [5.74, 6) is 1.55. The van der Waals surface area contributed by atoms with Crippen molar-refractivity contribution in [1.82, 2.24) is 19.9 Å². The fraction of sp³-hybridized carbons (Fsp3) is 0.294. The normalized spacial score (nSPS) is 12.6. The molecule has 4 heteroatoms. The molecule has 0 spiro atoms. The molecule has 0 fully saturated rings. The lowest BCUT2D eigenvalue weighted by atomic mass is 10.0. The highest BCUT2D eigenvalue weighted by Crippen LogP contribution is 2.08. The van der Waals surface area contributed by atoms with E-state index in [1.165, 1.54) is 5.56 Å². The summed E-state index contributed by atoms with van der Waals surface area (Å²) >= 11 is 0. The summed E-state index contributed by atoms with van der Waals surface area (Å²) in [4.78, 5) is 0. The van der Waals surface area contributed by atoms with Gasteiger partial charge in [-0.1, -0.05) is 43.3 Å². The smallest absolute Gasteiger partial charge is 0.160 e. The second-order valence-corrected chi connectivity index (χ2v) is 5.47. The van der Waals surface area contributed by atoms with Gasteiger partial charge in [0.25, 0.3) is 0 Å². The first-order valence-corrected chi connectivity index (χ1v) is 7.36. The van der Waals surface area contributed by atoms with Crippen LogP contribution in [-0.2, 0) is 13.0 Å². The van der Waals surface area contributed by atoms with Crippen molar-refractivity contribution in [2.75, 3.05) is 6.54 Å². The number of hydrogen-bond donors (Lipinski definition) is 1. The summed E-state index contributed by atoms with van der Waals surface area (Å²) in [5.41, 5.74) is 2.28. The predicted octanol–water partition coefficient (Wildman–Crippen LogP) is 2.70. The molecule has 0 unspecified atom stereocenters. The highest BCUT2D eigenvalue weighted by Gasteiger charge is 2.06. The van der Waals surface area contributed by atoms with Gasteiger partial charge in [-0.3, -0.25) is 4.40 Å². The molecule has 1 atom stereocenters. The van der Waals surface area contributed by atoms with Gasteiger partial charge in [0.1, 0.15) is 0 Å². The van der Waals surface area contributed by atoms with E-state index < -0.39 is 0 Å². The number of pyridine rings is 1. The molecule has 0 saturated carbocycles. The van der Waals surface area contributed by atoms with E-state index in [1.54, 1.807) is 0 Å². The Morgan fingerprint density at radius 1 is 1.05 bits per heavy atom. The molecule has 108 valence electrons. The monoisotopic (exact) mass is 280 g/mol. The lowest BCUT2D eigenvalue weighted by molar-refractivity contribution is 0.503. The van der Waals surface area contributed by atoms with Crippen molar-refractivity contribution in [1.29, 1.82) is 0 Å². The highest BCUT2D eigenvalue weighted by atomic mass is 15.3. The van der Waals surface area contributed by atoms with Crippen molar-refractivity contribution in [3.8, 4) is 0 Å². The van der Waals surface area contributed by atoms with Gasteiger partial charge in [0.2, 0.25) is 0 Å². The van der Waals surface area contributed by atoms with Crippen LogP contribution in [0.1, 0.15) is 18.3 Å². The van der Waals surface area contributed by atoms with Crippen molar-refractivity contribution in [3.05, 3.63) is 66.1 Å². The molecule has 4 nitrogen and oxygen atoms in total. The van der Waals surface area contributed by atoms with Crippen LogP contribution in [0.5, 0.6) is 0 Å². The molecule has 0 bridgehead atoms. The van der Waals surface area contributed by atoms with E-state index in [9.17, 15) is 0 Å². The number of hydrogen-bond acceptors (Lipinski definition) is 3. The summed E-state index contributed by atoms with van der Waals surface area (Å²) in [5, 5.41) is 11.9. The van der Waals surface area contributed by atoms with Gasteiger partial charge >= 0.3 is 0 Å². The minimum atomic E-state index is 0.589. The van der Waals surface area contributed by atoms with Crippen LogP contribution in [-0.4, -0.2) is 21.1 Å². The summed E-state index contributed by atoms with van der Waals surface area (Å²) in [6.45, 7) is 3.98. The first-order chi connectivity index (χ1) is 10.3. The van der Waals surface area contributed by atoms with Gasteiger partial charge in [0.15, 0.2) is 11.5 Å². The summed E-state index contributed by atoms with van der Waals surface area (Å²) in [7, 11) is 0. The average molecular weight is 280 g/mol. The lowest BCUT2D eigenvalue weighted by Crippen LogP contribution is -2.23. The fourth-order valence-electron chi connectivity index (χ4n) is 2.53. The van der Waals surface area contributed by atoms with Crippen LogP contribution < -0.4 is 5.32 Å². The Morgan fingerprint density at radius 2 is 1.86 bits per heavy atom. The van der Waals surface area contributed by atoms with Crippen molar-refractivity contribution in [2.24, 2.45) is 5.92 Å². The molecular weight excluding hydrogens is 260 g/mol. The topological polar surface area (TPSA) is 42.2 Å². The van der Waals surface area contributed by atoms with Crippen LogP contribution in [0.4, 0.5) is 0 Å². The third-order valence-electron chi connectivity index (χ3n) is 3.59.